The number of hydrogen-bond donors (Lipinski definition) is 0. The molecule has 0 spiro atoms. The molecule has 1 saturated heterocycles. The lowest BCUT2D eigenvalue weighted by Crippen LogP contribution is -2.27. The molecule has 35 heavy (non-hydrogen) atoms. The topological polar surface area (TPSA) is 62.7 Å². The van der Waals surface area contributed by atoms with Gasteiger partial charge in [0.2, 0.25) is 5.88 Å². The van der Waals surface area contributed by atoms with Crippen molar-refractivity contribution in [2.45, 2.75) is 77.1 Å². The van der Waals surface area contributed by atoms with Crippen molar-refractivity contribution in [2.75, 3.05) is 13.2 Å². The Balaban J connectivity index is 1.63. The van der Waals surface area contributed by atoms with Crippen molar-refractivity contribution < 1.29 is 18.9 Å². The summed E-state index contributed by atoms with van der Waals surface area (Å²) in [4.78, 5) is 9.62. The van der Waals surface area contributed by atoms with E-state index in [-0.39, 0.29) is 12.2 Å². The summed E-state index contributed by atoms with van der Waals surface area (Å²) in [6.07, 6.45) is 3.82. The van der Waals surface area contributed by atoms with E-state index < -0.39 is 5.60 Å². The number of ether oxygens (including phenoxy) is 4. The third-order valence-electron chi connectivity index (χ3n) is 6.28. The monoisotopic (exact) mass is 540 g/mol. The first-order valence-corrected chi connectivity index (χ1v) is 13.3. The minimum atomic E-state index is -0.428. The van der Waals surface area contributed by atoms with Gasteiger partial charge in [0.05, 0.1) is 23.1 Å². The largest absolute Gasteiger partial charge is 0.483 e. The van der Waals surface area contributed by atoms with Crippen LogP contribution in [0.3, 0.4) is 0 Å². The summed E-state index contributed by atoms with van der Waals surface area (Å²) in [6, 6.07) is 12.7. The fraction of sp³-hybridized carbons (Fsp3) is 0.500. The normalized spacial score (nSPS) is 17.9. The van der Waals surface area contributed by atoms with Gasteiger partial charge in [-0.25, -0.2) is 0 Å². The molecule has 186 valence electrons. The van der Waals surface area contributed by atoms with Crippen LogP contribution in [0.1, 0.15) is 76.5 Å². The van der Waals surface area contributed by atoms with Crippen molar-refractivity contribution in [2.24, 2.45) is 0 Å². The van der Waals surface area contributed by atoms with Crippen molar-refractivity contribution in [3.63, 3.8) is 0 Å². The lowest BCUT2D eigenvalue weighted by atomic mass is 10.1. The average Bonchev–Trinajstić information content (AvgIpc) is 3.66. The van der Waals surface area contributed by atoms with Crippen molar-refractivity contribution in [3.05, 3.63) is 52.0 Å². The van der Waals surface area contributed by atoms with Gasteiger partial charge in [-0.3, -0.25) is 0 Å². The van der Waals surface area contributed by atoms with Crippen molar-refractivity contribution in [1.29, 1.82) is 0 Å². The molecular weight excluding hydrogens is 508 g/mol. The van der Waals surface area contributed by atoms with E-state index in [0.717, 1.165) is 28.3 Å². The van der Waals surface area contributed by atoms with Crippen LogP contribution in [0.15, 0.2) is 40.9 Å². The Kier molecular flexibility index (Phi) is 6.91. The summed E-state index contributed by atoms with van der Waals surface area (Å²) in [5.41, 5.74) is 2.58. The minimum absolute atomic E-state index is 0.0190. The van der Waals surface area contributed by atoms with Gasteiger partial charge in [0.15, 0.2) is 5.75 Å². The van der Waals surface area contributed by atoms with Gasteiger partial charge in [-0.1, -0.05) is 30.3 Å². The van der Waals surface area contributed by atoms with Crippen LogP contribution in [0.2, 0.25) is 0 Å². The van der Waals surface area contributed by atoms with Crippen LogP contribution < -0.4 is 14.2 Å². The highest BCUT2D eigenvalue weighted by atomic mass is 79.9. The molecule has 1 aliphatic heterocycles. The van der Waals surface area contributed by atoms with Crippen LogP contribution in [0, 0.1) is 0 Å². The van der Waals surface area contributed by atoms with Gasteiger partial charge in [-0.15, -0.1) is 0 Å². The molecule has 5 rings (SSSR count). The molecule has 1 aliphatic carbocycles. The summed E-state index contributed by atoms with van der Waals surface area (Å²) in [5, 5.41) is 0.847. The van der Waals surface area contributed by atoms with E-state index >= 15 is 0 Å². The molecule has 0 bridgehead atoms. The third-order valence-corrected chi connectivity index (χ3v) is 7.10. The maximum Gasteiger partial charge on any atom is 0.320 e. The zero-order chi connectivity index (χ0) is 24.6. The fourth-order valence-corrected chi connectivity index (χ4v) is 5.04. The van der Waals surface area contributed by atoms with Gasteiger partial charge < -0.3 is 18.9 Å². The number of rotatable bonds is 7. The summed E-state index contributed by atoms with van der Waals surface area (Å²) < 4.78 is 25.7. The quantitative estimate of drug-likeness (QED) is 0.317. The van der Waals surface area contributed by atoms with Crippen LogP contribution >= 0.6 is 15.9 Å². The predicted octanol–water partition coefficient (Wildman–Crippen LogP) is 7.14. The Hall–Kier alpha value is -2.38. The molecule has 2 heterocycles. The Morgan fingerprint density at radius 1 is 1.03 bits per heavy atom. The molecule has 0 N–H and O–H groups in total. The smallest absolute Gasteiger partial charge is 0.320 e. The molecule has 0 amide bonds. The molecule has 7 heteroatoms. The number of aromatic nitrogens is 2. The van der Waals surface area contributed by atoms with Gasteiger partial charge >= 0.3 is 6.01 Å². The Morgan fingerprint density at radius 3 is 2.40 bits per heavy atom. The zero-order valence-electron chi connectivity index (χ0n) is 20.8. The predicted molar refractivity (Wildman–Crippen MR) is 140 cm³/mol. The summed E-state index contributed by atoms with van der Waals surface area (Å²) in [5.74, 6) is 1.73. The van der Waals surface area contributed by atoms with E-state index in [4.69, 9.17) is 28.9 Å². The molecule has 2 aromatic carbocycles. The fourth-order valence-electron chi connectivity index (χ4n) is 4.32. The molecule has 1 aromatic heterocycles. The highest BCUT2D eigenvalue weighted by molar-refractivity contribution is 9.10. The Morgan fingerprint density at radius 2 is 1.74 bits per heavy atom. The van der Waals surface area contributed by atoms with Crippen LogP contribution in [-0.4, -0.2) is 34.9 Å². The molecular formula is C28H33BrN2O4. The second-order valence-corrected chi connectivity index (χ2v) is 11.2. The maximum atomic E-state index is 6.62. The molecule has 0 unspecified atom stereocenters. The molecule has 0 radical (unpaired) electrons. The molecule has 3 aromatic rings. The molecule has 2 fully saturated rings. The first-order valence-electron chi connectivity index (χ1n) is 12.5. The molecule has 1 saturated carbocycles. The summed E-state index contributed by atoms with van der Waals surface area (Å²) in [7, 11) is 0. The summed E-state index contributed by atoms with van der Waals surface area (Å²) >= 11 is 3.87. The second-order valence-electron chi connectivity index (χ2n) is 10.4. The van der Waals surface area contributed by atoms with Crippen LogP contribution in [0.25, 0.3) is 10.9 Å². The van der Waals surface area contributed by atoms with Crippen molar-refractivity contribution >= 4 is 26.8 Å². The van der Waals surface area contributed by atoms with Crippen molar-refractivity contribution in [3.8, 4) is 17.6 Å². The van der Waals surface area contributed by atoms with E-state index in [0.29, 0.717) is 42.3 Å². The van der Waals surface area contributed by atoms with E-state index in [2.05, 4.69) is 41.1 Å². The van der Waals surface area contributed by atoms with Gasteiger partial charge in [0.1, 0.15) is 23.3 Å². The maximum absolute atomic E-state index is 6.62. The Bertz CT molecular complexity index is 1190. The first-order chi connectivity index (χ1) is 16.8. The number of hydrogen-bond acceptors (Lipinski definition) is 6. The van der Waals surface area contributed by atoms with Gasteiger partial charge in [0, 0.05) is 12.8 Å². The number of benzene rings is 2. The van der Waals surface area contributed by atoms with Gasteiger partial charge in [-0.2, -0.15) is 9.97 Å². The molecule has 1 atom stereocenters. The van der Waals surface area contributed by atoms with Crippen LogP contribution in [-0.2, 0) is 4.74 Å². The zero-order valence-corrected chi connectivity index (χ0v) is 22.4. The number of fused-ring (bicyclic) bond motifs is 1. The van der Waals surface area contributed by atoms with E-state index in [1.807, 2.05) is 39.0 Å². The number of halogens is 1. The van der Waals surface area contributed by atoms with Crippen LogP contribution in [0.5, 0.6) is 17.6 Å². The van der Waals surface area contributed by atoms with Gasteiger partial charge in [-0.05, 0) is 79.6 Å². The highest BCUT2D eigenvalue weighted by Gasteiger charge is 2.31. The minimum Gasteiger partial charge on any atom is -0.483 e. The Labute approximate surface area is 215 Å². The lowest BCUT2D eigenvalue weighted by Gasteiger charge is -2.25. The molecule has 2 aliphatic rings. The second kappa shape index (κ2) is 9.94. The lowest BCUT2D eigenvalue weighted by molar-refractivity contribution is 0.0212. The van der Waals surface area contributed by atoms with Crippen LogP contribution in [0.4, 0.5) is 0 Å². The van der Waals surface area contributed by atoms with E-state index in [9.17, 15) is 0 Å². The van der Waals surface area contributed by atoms with E-state index in [1.54, 1.807) is 0 Å². The average molecular weight is 541 g/mol. The number of nitrogens with zero attached hydrogens (tertiary/aromatic N) is 2. The van der Waals surface area contributed by atoms with Crippen molar-refractivity contribution in [1.82, 2.24) is 9.97 Å². The first kappa shape index (κ1) is 24.3. The standard InChI is InChI=1S/C28H33BrN2O4/c1-17(18-8-6-5-7-9-18)33-25-23(29)21(19-10-11-19)16-22-24(25)30-27(31-26(22)35-28(2,3)4)34-20-12-14-32-15-13-20/h5-9,16-17,19-20H,10-15H2,1-4H3/t17-/m0/s1. The third kappa shape index (κ3) is 5.72. The van der Waals surface area contributed by atoms with Gasteiger partial charge in [0.25, 0.3) is 0 Å². The summed E-state index contributed by atoms with van der Waals surface area (Å²) in [6.45, 7) is 9.50. The highest BCUT2D eigenvalue weighted by Crippen LogP contribution is 2.50. The SMILES string of the molecule is C[C@H](Oc1c(Br)c(C2CC2)cc2c(OC(C)(C)C)nc(OC3CCOCC3)nc12)c1ccccc1. The van der Waals surface area contributed by atoms with E-state index in [1.165, 1.54) is 18.4 Å². The molecule has 6 nitrogen and oxygen atoms in total.